The van der Waals surface area contributed by atoms with Crippen molar-refractivity contribution in [1.29, 1.82) is 0 Å². The lowest BCUT2D eigenvalue weighted by atomic mass is 9.80. The second kappa shape index (κ2) is 4.06. The third kappa shape index (κ3) is 2.28. The van der Waals surface area contributed by atoms with E-state index in [0.717, 1.165) is 5.56 Å². The van der Waals surface area contributed by atoms with Gasteiger partial charge >= 0.3 is 6.09 Å². The standard InChI is InChI=1S/C14H19NO2/c1-9-5-6-11(7-10(9)2)12-14(3,4)8-17-13(16)15-12/h5-7,12H,8H2,1-4H3,(H,15,16)/t12-/m1/s1. The van der Waals surface area contributed by atoms with E-state index in [9.17, 15) is 4.79 Å². The molecule has 1 N–H and O–H groups in total. The van der Waals surface area contributed by atoms with Gasteiger partial charge in [-0.25, -0.2) is 4.79 Å². The first-order valence-corrected chi connectivity index (χ1v) is 5.90. The molecule has 1 atom stereocenters. The molecule has 0 spiro atoms. The molecule has 1 aromatic rings. The van der Waals surface area contributed by atoms with Crippen LogP contribution in [-0.4, -0.2) is 12.7 Å². The fraction of sp³-hybridized carbons (Fsp3) is 0.500. The molecule has 1 fully saturated rings. The van der Waals surface area contributed by atoms with E-state index in [4.69, 9.17) is 4.74 Å². The van der Waals surface area contributed by atoms with E-state index < -0.39 is 0 Å². The molecule has 0 unspecified atom stereocenters. The van der Waals surface area contributed by atoms with Crippen molar-refractivity contribution in [1.82, 2.24) is 5.32 Å². The van der Waals surface area contributed by atoms with Crippen LogP contribution in [0.1, 0.15) is 36.6 Å². The number of aryl methyl sites for hydroxylation is 2. The zero-order valence-electron chi connectivity index (χ0n) is 10.8. The average Bonchev–Trinajstić information content (AvgIpc) is 2.26. The van der Waals surface area contributed by atoms with Crippen LogP contribution in [0.4, 0.5) is 4.79 Å². The highest BCUT2D eigenvalue weighted by atomic mass is 16.6. The summed E-state index contributed by atoms with van der Waals surface area (Å²) >= 11 is 0. The molecule has 92 valence electrons. The summed E-state index contributed by atoms with van der Waals surface area (Å²) in [5.74, 6) is 0. The molecule has 0 aliphatic carbocycles. The highest BCUT2D eigenvalue weighted by Crippen LogP contribution is 2.36. The van der Waals surface area contributed by atoms with Crippen molar-refractivity contribution in [2.45, 2.75) is 33.7 Å². The molecule has 0 saturated carbocycles. The molecule has 1 amide bonds. The van der Waals surface area contributed by atoms with E-state index in [1.807, 2.05) is 0 Å². The Morgan fingerprint density at radius 3 is 2.65 bits per heavy atom. The molecule has 1 saturated heterocycles. The van der Waals surface area contributed by atoms with E-state index in [1.165, 1.54) is 11.1 Å². The van der Waals surface area contributed by atoms with Gasteiger partial charge in [-0.3, -0.25) is 0 Å². The first-order valence-electron chi connectivity index (χ1n) is 5.90. The second-order valence-corrected chi connectivity index (χ2v) is 5.49. The van der Waals surface area contributed by atoms with E-state index >= 15 is 0 Å². The molecule has 0 aromatic heterocycles. The van der Waals surface area contributed by atoms with Gasteiger partial charge in [-0.1, -0.05) is 32.0 Å². The summed E-state index contributed by atoms with van der Waals surface area (Å²) in [7, 11) is 0. The lowest BCUT2D eigenvalue weighted by molar-refractivity contribution is 0.0387. The zero-order valence-corrected chi connectivity index (χ0v) is 10.8. The van der Waals surface area contributed by atoms with Gasteiger partial charge in [-0.2, -0.15) is 0 Å². The van der Waals surface area contributed by atoms with Gasteiger partial charge in [0.2, 0.25) is 0 Å². The fourth-order valence-electron chi connectivity index (χ4n) is 2.17. The van der Waals surface area contributed by atoms with Gasteiger partial charge in [0.1, 0.15) is 6.61 Å². The van der Waals surface area contributed by atoms with Gasteiger partial charge in [0.15, 0.2) is 0 Å². The number of hydrogen-bond donors (Lipinski definition) is 1. The van der Waals surface area contributed by atoms with Crippen molar-refractivity contribution in [3.63, 3.8) is 0 Å². The minimum Gasteiger partial charge on any atom is -0.449 e. The van der Waals surface area contributed by atoms with Crippen LogP contribution in [0.15, 0.2) is 18.2 Å². The summed E-state index contributed by atoms with van der Waals surface area (Å²) in [6.45, 7) is 8.84. The highest BCUT2D eigenvalue weighted by Gasteiger charge is 2.37. The molecule has 1 heterocycles. The number of carbonyl (C=O) groups is 1. The molecule has 17 heavy (non-hydrogen) atoms. The van der Waals surface area contributed by atoms with Crippen LogP contribution in [0.3, 0.4) is 0 Å². The number of hydrogen-bond acceptors (Lipinski definition) is 2. The minimum absolute atomic E-state index is 0.0167. The lowest BCUT2D eigenvalue weighted by Gasteiger charge is -2.38. The normalized spacial score (nSPS) is 22.8. The molecule has 1 aliphatic heterocycles. The van der Waals surface area contributed by atoms with Crippen LogP contribution in [-0.2, 0) is 4.74 Å². The van der Waals surface area contributed by atoms with Crippen molar-refractivity contribution >= 4 is 6.09 Å². The largest absolute Gasteiger partial charge is 0.449 e. The number of rotatable bonds is 1. The monoisotopic (exact) mass is 233 g/mol. The average molecular weight is 233 g/mol. The van der Waals surface area contributed by atoms with Gasteiger partial charge in [0.25, 0.3) is 0 Å². The smallest absolute Gasteiger partial charge is 0.407 e. The number of carbonyl (C=O) groups excluding carboxylic acids is 1. The van der Waals surface area contributed by atoms with E-state index in [0.29, 0.717) is 6.61 Å². The number of ether oxygens (including phenoxy) is 1. The SMILES string of the molecule is Cc1ccc([C@H]2NC(=O)OCC2(C)C)cc1C. The summed E-state index contributed by atoms with van der Waals surface area (Å²) in [6, 6.07) is 6.35. The Hall–Kier alpha value is -1.51. The Kier molecular flexibility index (Phi) is 2.86. The quantitative estimate of drug-likeness (QED) is 0.809. The summed E-state index contributed by atoms with van der Waals surface area (Å²) in [5, 5.41) is 2.91. The fourth-order valence-corrected chi connectivity index (χ4v) is 2.17. The van der Waals surface area contributed by atoms with Crippen molar-refractivity contribution in [2.75, 3.05) is 6.61 Å². The van der Waals surface area contributed by atoms with Gasteiger partial charge < -0.3 is 10.1 Å². The minimum atomic E-state index is -0.326. The van der Waals surface area contributed by atoms with Crippen LogP contribution < -0.4 is 5.32 Å². The summed E-state index contributed by atoms with van der Waals surface area (Å²) in [6.07, 6.45) is -0.326. The molecule has 3 heteroatoms. The first-order chi connectivity index (χ1) is 7.90. The van der Waals surface area contributed by atoms with Gasteiger partial charge in [0.05, 0.1) is 6.04 Å². The molecule has 3 nitrogen and oxygen atoms in total. The summed E-state index contributed by atoms with van der Waals surface area (Å²) in [4.78, 5) is 11.4. The molecular formula is C14H19NO2. The predicted octanol–water partition coefficient (Wildman–Crippen LogP) is 3.11. The van der Waals surface area contributed by atoms with Gasteiger partial charge in [-0.15, -0.1) is 0 Å². The third-order valence-corrected chi connectivity index (χ3v) is 3.48. The second-order valence-electron chi connectivity index (χ2n) is 5.49. The number of cyclic esters (lactones) is 1. The topological polar surface area (TPSA) is 38.3 Å². The van der Waals surface area contributed by atoms with Crippen LogP contribution in [0.25, 0.3) is 0 Å². The third-order valence-electron chi connectivity index (χ3n) is 3.48. The van der Waals surface area contributed by atoms with Crippen molar-refractivity contribution < 1.29 is 9.53 Å². The Morgan fingerprint density at radius 1 is 1.29 bits per heavy atom. The van der Waals surface area contributed by atoms with Gasteiger partial charge in [0, 0.05) is 5.41 Å². The van der Waals surface area contributed by atoms with Crippen LogP contribution in [0.5, 0.6) is 0 Å². The number of nitrogens with one attached hydrogen (secondary N) is 1. The lowest BCUT2D eigenvalue weighted by Crippen LogP contribution is -2.46. The number of amides is 1. The highest BCUT2D eigenvalue weighted by molar-refractivity contribution is 5.69. The Morgan fingerprint density at radius 2 is 2.00 bits per heavy atom. The number of alkyl carbamates (subject to hydrolysis) is 1. The molecule has 1 aliphatic rings. The maximum Gasteiger partial charge on any atom is 0.407 e. The molecular weight excluding hydrogens is 214 g/mol. The summed E-state index contributed by atoms with van der Waals surface area (Å²) < 4.78 is 5.05. The maximum absolute atomic E-state index is 11.4. The van der Waals surface area contributed by atoms with Crippen molar-refractivity contribution in [2.24, 2.45) is 5.41 Å². The first kappa shape index (κ1) is 12.0. The van der Waals surface area contributed by atoms with Gasteiger partial charge in [-0.05, 0) is 30.5 Å². The van der Waals surface area contributed by atoms with Crippen molar-refractivity contribution in [3.8, 4) is 0 Å². The van der Waals surface area contributed by atoms with Crippen molar-refractivity contribution in [3.05, 3.63) is 34.9 Å². The molecule has 2 rings (SSSR count). The molecule has 1 aromatic carbocycles. The zero-order chi connectivity index (χ0) is 12.6. The van der Waals surface area contributed by atoms with E-state index in [2.05, 4.69) is 51.2 Å². The van der Waals surface area contributed by atoms with Crippen LogP contribution in [0.2, 0.25) is 0 Å². The number of benzene rings is 1. The van der Waals surface area contributed by atoms with Crippen LogP contribution >= 0.6 is 0 Å². The van der Waals surface area contributed by atoms with Crippen LogP contribution in [0, 0.1) is 19.3 Å². The molecule has 0 radical (unpaired) electrons. The Bertz CT molecular complexity index is 452. The predicted molar refractivity (Wildman–Crippen MR) is 66.9 cm³/mol. The maximum atomic E-state index is 11.4. The Labute approximate surface area is 102 Å². The van der Waals surface area contributed by atoms with E-state index in [1.54, 1.807) is 0 Å². The summed E-state index contributed by atoms with van der Waals surface area (Å²) in [5.41, 5.74) is 3.58. The Balaban J connectivity index is 2.36. The molecule has 0 bridgehead atoms. The van der Waals surface area contributed by atoms with E-state index in [-0.39, 0.29) is 17.6 Å².